The van der Waals surface area contributed by atoms with Gasteiger partial charge >= 0.3 is 0 Å². The number of carbonyl (C=O) groups excluding carboxylic acids is 2. The first kappa shape index (κ1) is 11.8. The zero-order valence-corrected chi connectivity index (χ0v) is 8.25. The molecule has 0 heterocycles. The fraction of sp³-hybridized carbons (Fsp3) is 0.455. The Balaban J connectivity index is 3.53. The summed E-state index contributed by atoms with van der Waals surface area (Å²) in [6.07, 6.45) is 8.93. The van der Waals surface area contributed by atoms with Crippen LogP contribution in [-0.4, -0.2) is 11.6 Å². The van der Waals surface area contributed by atoms with Gasteiger partial charge in [-0.05, 0) is 20.3 Å². The molecule has 0 radical (unpaired) electrons. The van der Waals surface area contributed by atoms with E-state index in [0.29, 0.717) is 6.42 Å². The van der Waals surface area contributed by atoms with Gasteiger partial charge in [0.15, 0.2) is 0 Å². The fourth-order valence-electron chi connectivity index (χ4n) is 0.896. The Labute approximate surface area is 79.3 Å². The van der Waals surface area contributed by atoms with Crippen molar-refractivity contribution in [3.8, 4) is 0 Å². The first-order chi connectivity index (χ1) is 6.16. The monoisotopic (exact) mass is 180 g/mol. The maximum Gasteiger partial charge on any atom is 0.140 e. The molecule has 0 aromatic carbocycles. The highest BCUT2D eigenvalue weighted by atomic mass is 16.1. The normalized spacial score (nSPS) is 11.2. The van der Waals surface area contributed by atoms with Gasteiger partial charge in [0.25, 0.3) is 0 Å². The molecule has 0 aliphatic heterocycles. The fourth-order valence-corrected chi connectivity index (χ4v) is 0.896. The lowest BCUT2D eigenvalue weighted by Crippen LogP contribution is -2.03. The quantitative estimate of drug-likeness (QED) is 0.464. The molecule has 0 N–H and O–H groups in total. The van der Waals surface area contributed by atoms with Crippen molar-refractivity contribution in [3.05, 3.63) is 24.3 Å². The highest BCUT2D eigenvalue weighted by Gasteiger charge is 2.02. The van der Waals surface area contributed by atoms with Crippen molar-refractivity contribution in [1.29, 1.82) is 0 Å². The van der Waals surface area contributed by atoms with E-state index in [0.717, 1.165) is 6.42 Å². The molecule has 0 saturated carbocycles. The van der Waals surface area contributed by atoms with Gasteiger partial charge in [-0.25, -0.2) is 0 Å². The van der Waals surface area contributed by atoms with Crippen LogP contribution in [0, 0.1) is 0 Å². The zero-order valence-electron chi connectivity index (χ0n) is 8.25. The van der Waals surface area contributed by atoms with Gasteiger partial charge in [-0.15, -0.1) is 0 Å². The third-order valence-corrected chi connectivity index (χ3v) is 1.48. The van der Waals surface area contributed by atoms with Crippen LogP contribution >= 0.6 is 0 Å². The van der Waals surface area contributed by atoms with Crippen LogP contribution in [0.1, 0.15) is 33.1 Å². The molecule has 0 fully saturated rings. The lowest BCUT2D eigenvalue weighted by Gasteiger charge is -1.92. The first-order valence-electron chi connectivity index (χ1n) is 4.45. The van der Waals surface area contributed by atoms with Gasteiger partial charge in [-0.2, -0.15) is 0 Å². The van der Waals surface area contributed by atoms with Crippen molar-refractivity contribution in [3.63, 3.8) is 0 Å². The Hall–Kier alpha value is -1.18. The summed E-state index contributed by atoms with van der Waals surface area (Å²) in [5.74, 6) is -0.0277. The number of hydrogen-bond donors (Lipinski definition) is 0. The number of Topliss-reactive ketones (excluding diaryl/α,β-unsaturated/α-hetero) is 2. The second-order valence-corrected chi connectivity index (χ2v) is 2.91. The van der Waals surface area contributed by atoms with E-state index in [1.807, 2.05) is 31.2 Å². The highest BCUT2D eigenvalue weighted by molar-refractivity contribution is 5.97. The van der Waals surface area contributed by atoms with Crippen LogP contribution < -0.4 is 0 Å². The summed E-state index contributed by atoms with van der Waals surface area (Å²) >= 11 is 0. The predicted molar refractivity (Wildman–Crippen MR) is 53.5 cm³/mol. The number of carbonyl (C=O) groups is 2. The molecular formula is C11H16O2. The number of hydrogen-bond acceptors (Lipinski definition) is 2. The van der Waals surface area contributed by atoms with Gasteiger partial charge in [0.1, 0.15) is 11.6 Å². The minimum Gasteiger partial charge on any atom is -0.300 e. The maximum atomic E-state index is 11.0. The first-order valence-corrected chi connectivity index (χ1v) is 4.45. The molecule has 72 valence electrons. The third-order valence-electron chi connectivity index (χ3n) is 1.48. The minimum absolute atomic E-state index is 0.0256. The second kappa shape index (κ2) is 7.47. The van der Waals surface area contributed by atoms with Crippen molar-refractivity contribution >= 4 is 11.6 Å². The molecule has 13 heavy (non-hydrogen) atoms. The average molecular weight is 180 g/mol. The predicted octanol–water partition coefficient (Wildman–Crippen LogP) is 2.45. The van der Waals surface area contributed by atoms with Crippen LogP contribution in [0.15, 0.2) is 24.3 Å². The molecule has 0 aliphatic carbocycles. The molecule has 0 atom stereocenters. The van der Waals surface area contributed by atoms with Crippen LogP contribution in [0.3, 0.4) is 0 Å². The molecule has 0 bridgehead atoms. The summed E-state index contributed by atoms with van der Waals surface area (Å²) in [6, 6.07) is 0. The van der Waals surface area contributed by atoms with Gasteiger partial charge < -0.3 is 0 Å². The second-order valence-electron chi connectivity index (χ2n) is 2.91. The van der Waals surface area contributed by atoms with Gasteiger partial charge in [0, 0.05) is 6.42 Å². The van der Waals surface area contributed by atoms with E-state index in [9.17, 15) is 9.59 Å². The van der Waals surface area contributed by atoms with E-state index in [2.05, 4.69) is 0 Å². The van der Waals surface area contributed by atoms with Crippen molar-refractivity contribution in [1.82, 2.24) is 0 Å². The SMILES string of the molecule is C/C=C/C=C\CCC(=O)CC(C)=O. The molecule has 0 aliphatic rings. The van der Waals surface area contributed by atoms with Gasteiger partial charge in [0.05, 0.1) is 6.42 Å². The summed E-state index contributed by atoms with van der Waals surface area (Å²) < 4.78 is 0. The highest BCUT2D eigenvalue weighted by Crippen LogP contribution is 1.97. The van der Waals surface area contributed by atoms with E-state index >= 15 is 0 Å². The van der Waals surface area contributed by atoms with E-state index in [-0.39, 0.29) is 18.0 Å². The van der Waals surface area contributed by atoms with Gasteiger partial charge in [-0.3, -0.25) is 9.59 Å². The molecule has 0 aromatic heterocycles. The van der Waals surface area contributed by atoms with Crippen LogP contribution in [0.2, 0.25) is 0 Å². The maximum absolute atomic E-state index is 11.0. The summed E-state index contributed by atoms with van der Waals surface area (Å²) in [4.78, 5) is 21.6. The zero-order chi connectivity index (χ0) is 10.1. The molecule has 0 saturated heterocycles. The summed E-state index contributed by atoms with van der Waals surface area (Å²) in [6.45, 7) is 3.37. The molecule has 0 amide bonds. The number of rotatable bonds is 6. The van der Waals surface area contributed by atoms with Crippen LogP contribution in [-0.2, 0) is 9.59 Å². The number of ketones is 2. The topological polar surface area (TPSA) is 34.1 Å². The Bertz CT molecular complexity index is 224. The van der Waals surface area contributed by atoms with Crippen LogP contribution in [0.5, 0.6) is 0 Å². The van der Waals surface area contributed by atoms with Crippen molar-refractivity contribution in [2.24, 2.45) is 0 Å². The Morgan fingerprint density at radius 1 is 1.23 bits per heavy atom. The molecule has 0 unspecified atom stereocenters. The van der Waals surface area contributed by atoms with E-state index in [1.54, 1.807) is 0 Å². The van der Waals surface area contributed by atoms with Gasteiger partial charge in [0.2, 0.25) is 0 Å². The minimum atomic E-state index is -0.0533. The van der Waals surface area contributed by atoms with Crippen molar-refractivity contribution in [2.75, 3.05) is 0 Å². The number of allylic oxidation sites excluding steroid dienone is 4. The van der Waals surface area contributed by atoms with E-state index in [1.165, 1.54) is 6.92 Å². The largest absolute Gasteiger partial charge is 0.300 e. The third kappa shape index (κ3) is 8.73. The molecular weight excluding hydrogens is 164 g/mol. The van der Waals surface area contributed by atoms with Crippen molar-refractivity contribution < 1.29 is 9.59 Å². The lowest BCUT2D eigenvalue weighted by atomic mass is 10.1. The van der Waals surface area contributed by atoms with E-state index < -0.39 is 0 Å². The average Bonchev–Trinajstić information content (AvgIpc) is 2.02. The van der Waals surface area contributed by atoms with E-state index in [4.69, 9.17) is 0 Å². The summed E-state index contributed by atoms with van der Waals surface area (Å²) in [5.41, 5.74) is 0. The summed E-state index contributed by atoms with van der Waals surface area (Å²) in [7, 11) is 0. The summed E-state index contributed by atoms with van der Waals surface area (Å²) in [5, 5.41) is 0. The van der Waals surface area contributed by atoms with Crippen molar-refractivity contribution in [2.45, 2.75) is 33.1 Å². The molecule has 2 nitrogen and oxygen atoms in total. The Morgan fingerprint density at radius 2 is 1.92 bits per heavy atom. The Morgan fingerprint density at radius 3 is 2.46 bits per heavy atom. The Kier molecular flexibility index (Phi) is 6.79. The molecule has 0 rings (SSSR count). The standard InChI is InChI=1S/C11H16O2/c1-3-4-5-6-7-8-11(13)9-10(2)12/h3-6H,7-9H2,1-2H3/b4-3+,6-5-. The molecule has 2 heteroatoms. The smallest absolute Gasteiger partial charge is 0.140 e. The van der Waals surface area contributed by atoms with Gasteiger partial charge in [-0.1, -0.05) is 24.3 Å². The van der Waals surface area contributed by atoms with Crippen LogP contribution in [0.4, 0.5) is 0 Å². The van der Waals surface area contributed by atoms with Crippen LogP contribution in [0.25, 0.3) is 0 Å². The lowest BCUT2D eigenvalue weighted by molar-refractivity contribution is -0.125. The molecule has 0 spiro atoms. The molecule has 0 aromatic rings.